The van der Waals surface area contributed by atoms with Crippen molar-refractivity contribution in [1.29, 1.82) is 0 Å². The van der Waals surface area contributed by atoms with E-state index in [1.807, 2.05) is 0 Å². The van der Waals surface area contributed by atoms with Crippen LogP contribution in [-0.4, -0.2) is 63.8 Å². The van der Waals surface area contributed by atoms with Crippen LogP contribution in [0.4, 0.5) is 0 Å². The minimum Gasteiger partial charge on any atom is -0.394 e. The van der Waals surface area contributed by atoms with Crippen molar-refractivity contribution >= 4 is 0 Å². The van der Waals surface area contributed by atoms with Crippen molar-refractivity contribution in [2.24, 2.45) is 52.3 Å². The number of aliphatic hydroxyl groups is 4. The lowest BCUT2D eigenvalue weighted by Crippen LogP contribution is -2.60. The van der Waals surface area contributed by atoms with Gasteiger partial charge in [0.25, 0.3) is 0 Å². The number of allylic oxidation sites excluding steroid dienone is 1. The highest BCUT2D eigenvalue weighted by Gasteiger charge is 2.59. The second-order valence-corrected chi connectivity index (χ2v) is 15.7. The van der Waals surface area contributed by atoms with Gasteiger partial charge in [0.1, 0.15) is 24.4 Å². The predicted octanol–water partition coefficient (Wildman–Crippen LogP) is 5.85. The van der Waals surface area contributed by atoms with Gasteiger partial charge in [-0.2, -0.15) is 0 Å². The van der Waals surface area contributed by atoms with Gasteiger partial charge in [-0.05, 0) is 110 Å². The Morgan fingerprint density at radius 2 is 1.71 bits per heavy atom. The Morgan fingerprint density at radius 1 is 0.951 bits per heavy atom. The van der Waals surface area contributed by atoms with Gasteiger partial charge in [-0.1, -0.05) is 66.0 Å². The molecule has 1 saturated heterocycles. The van der Waals surface area contributed by atoms with Gasteiger partial charge in [-0.15, -0.1) is 0 Å². The summed E-state index contributed by atoms with van der Waals surface area (Å²) in [6.07, 6.45) is 9.92. The third-order valence-electron chi connectivity index (χ3n) is 13.5. The fourth-order valence-electron chi connectivity index (χ4n) is 10.8. The Hall–Kier alpha value is -0.500. The molecule has 5 aliphatic rings. The summed E-state index contributed by atoms with van der Waals surface area (Å²) in [4.78, 5) is 0. The Balaban J connectivity index is 1.24. The number of fused-ring (bicyclic) bond motifs is 5. The largest absolute Gasteiger partial charge is 0.394 e. The van der Waals surface area contributed by atoms with Crippen molar-refractivity contribution in [2.45, 2.75) is 149 Å². The first-order valence-corrected chi connectivity index (χ1v) is 17.1. The van der Waals surface area contributed by atoms with Crippen molar-refractivity contribution in [3.63, 3.8) is 0 Å². The standard InChI is InChI=1S/C35H60O6/c1-7-22(20(2)3)9-8-21(4)26-12-13-27-25-11-10-23-18-24(14-16-34(23,5)28(25)15-17-35(26,27)6)40-33-32(39)31(38)30(37)29(19-36)41-33/h10,20-22,24-33,36-39H,7-9,11-19H2,1-6H3/t21-,22-,24+,25+,26-,27-,28+,29-,30-,31+,32-,33-,34+,35-/m1/s1. The second-order valence-electron chi connectivity index (χ2n) is 15.7. The van der Waals surface area contributed by atoms with Crippen LogP contribution in [0.1, 0.15) is 112 Å². The predicted molar refractivity (Wildman–Crippen MR) is 161 cm³/mol. The normalized spacial score (nSPS) is 47.7. The molecule has 0 unspecified atom stereocenters. The molecule has 236 valence electrons. The summed E-state index contributed by atoms with van der Waals surface area (Å²) in [6, 6.07) is 0. The molecule has 14 atom stereocenters. The number of ether oxygens (including phenoxy) is 2. The second kappa shape index (κ2) is 12.5. The molecule has 0 aromatic rings. The molecule has 0 radical (unpaired) electrons. The molecule has 0 bridgehead atoms. The molecule has 6 nitrogen and oxygen atoms in total. The van der Waals surface area contributed by atoms with E-state index in [1.54, 1.807) is 0 Å². The minimum atomic E-state index is -1.40. The van der Waals surface area contributed by atoms with Gasteiger partial charge in [0.2, 0.25) is 0 Å². The molecule has 6 heteroatoms. The summed E-state index contributed by atoms with van der Waals surface area (Å²) < 4.78 is 11.9. The van der Waals surface area contributed by atoms with Crippen molar-refractivity contribution in [3.8, 4) is 0 Å². The van der Waals surface area contributed by atoms with Crippen LogP contribution < -0.4 is 0 Å². The monoisotopic (exact) mass is 576 g/mol. The molecule has 0 amide bonds. The quantitative estimate of drug-likeness (QED) is 0.257. The van der Waals surface area contributed by atoms with Gasteiger partial charge in [0, 0.05) is 0 Å². The van der Waals surface area contributed by atoms with E-state index in [2.05, 4.69) is 47.6 Å². The van der Waals surface area contributed by atoms with Crippen molar-refractivity contribution in [1.82, 2.24) is 0 Å². The van der Waals surface area contributed by atoms with Crippen LogP contribution >= 0.6 is 0 Å². The highest BCUT2D eigenvalue weighted by molar-refractivity contribution is 5.25. The van der Waals surface area contributed by atoms with Gasteiger partial charge < -0.3 is 29.9 Å². The molecule has 1 aliphatic heterocycles. The van der Waals surface area contributed by atoms with E-state index in [4.69, 9.17) is 9.47 Å². The summed E-state index contributed by atoms with van der Waals surface area (Å²) in [6.45, 7) is 14.5. The maximum Gasteiger partial charge on any atom is 0.186 e. The lowest BCUT2D eigenvalue weighted by Gasteiger charge is -2.58. The van der Waals surface area contributed by atoms with Gasteiger partial charge in [0.05, 0.1) is 12.7 Å². The Morgan fingerprint density at radius 3 is 2.39 bits per heavy atom. The van der Waals surface area contributed by atoms with Gasteiger partial charge in [-0.25, -0.2) is 0 Å². The van der Waals surface area contributed by atoms with Crippen LogP contribution in [0.15, 0.2) is 11.6 Å². The van der Waals surface area contributed by atoms with E-state index in [1.165, 1.54) is 56.9 Å². The summed E-state index contributed by atoms with van der Waals surface area (Å²) >= 11 is 0. The van der Waals surface area contributed by atoms with Gasteiger partial charge in [-0.3, -0.25) is 0 Å². The molecule has 1 heterocycles. The number of hydrogen-bond donors (Lipinski definition) is 4. The fraction of sp³-hybridized carbons (Fsp3) is 0.943. The highest BCUT2D eigenvalue weighted by Crippen LogP contribution is 2.67. The van der Waals surface area contributed by atoms with E-state index in [0.717, 1.165) is 60.7 Å². The summed E-state index contributed by atoms with van der Waals surface area (Å²) in [5, 5.41) is 40.4. The van der Waals surface area contributed by atoms with Crippen molar-refractivity contribution in [2.75, 3.05) is 6.61 Å². The van der Waals surface area contributed by atoms with Gasteiger partial charge >= 0.3 is 0 Å². The van der Waals surface area contributed by atoms with Crippen LogP contribution in [-0.2, 0) is 9.47 Å². The third-order valence-corrected chi connectivity index (χ3v) is 13.5. The first kappa shape index (κ1) is 31.9. The zero-order chi connectivity index (χ0) is 29.7. The third kappa shape index (κ3) is 5.73. The molecule has 4 N–H and O–H groups in total. The molecular weight excluding hydrogens is 516 g/mol. The zero-order valence-electron chi connectivity index (χ0n) is 26.7. The number of rotatable bonds is 9. The number of aliphatic hydroxyl groups excluding tert-OH is 4. The van der Waals surface area contributed by atoms with E-state index in [9.17, 15) is 20.4 Å². The molecular formula is C35H60O6. The molecule has 3 saturated carbocycles. The Kier molecular flexibility index (Phi) is 9.71. The van der Waals surface area contributed by atoms with E-state index in [-0.39, 0.29) is 11.5 Å². The van der Waals surface area contributed by atoms with Crippen LogP contribution in [0.2, 0.25) is 0 Å². The first-order valence-electron chi connectivity index (χ1n) is 17.1. The summed E-state index contributed by atoms with van der Waals surface area (Å²) in [5.74, 6) is 5.66. The number of hydrogen-bond acceptors (Lipinski definition) is 6. The molecule has 4 aliphatic carbocycles. The zero-order valence-corrected chi connectivity index (χ0v) is 26.7. The smallest absolute Gasteiger partial charge is 0.186 e. The van der Waals surface area contributed by atoms with Crippen LogP contribution in [0, 0.1) is 52.3 Å². The van der Waals surface area contributed by atoms with Crippen LogP contribution in [0.5, 0.6) is 0 Å². The molecule has 0 aromatic heterocycles. The molecule has 4 fully saturated rings. The fourth-order valence-corrected chi connectivity index (χ4v) is 10.8. The lowest BCUT2D eigenvalue weighted by atomic mass is 9.47. The molecule has 5 rings (SSSR count). The first-order chi connectivity index (χ1) is 19.4. The topological polar surface area (TPSA) is 99.4 Å². The SMILES string of the molecule is CC[C@H](CC[C@@H](C)[C@H]1CC[C@@H]2[C@@H]3CC=C4C[C@@H](O[C@@H]5O[C@H](CO)[C@@H](O)[C@H](O)[C@H]5O)CC[C@]4(C)[C@H]3CC[C@@]21C)C(C)C. The van der Waals surface area contributed by atoms with Crippen LogP contribution in [0.25, 0.3) is 0 Å². The average molecular weight is 577 g/mol. The highest BCUT2D eigenvalue weighted by atomic mass is 16.7. The lowest BCUT2D eigenvalue weighted by molar-refractivity contribution is -0.313. The maximum atomic E-state index is 10.5. The van der Waals surface area contributed by atoms with Gasteiger partial charge in [0.15, 0.2) is 6.29 Å². The van der Waals surface area contributed by atoms with E-state index < -0.39 is 37.3 Å². The van der Waals surface area contributed by atoms with Crippen molar-refractivity contribution < 1.29 is 29.9 Å². The van der Waals surface area contributed by atoms with Crippen molar-refractivity contribution in [3.05, 3.63) is 11.6 Å². The molecule has 41 heavy (non-hydrogen) atoms. The van der Waals surface area contributed by atoms with Crippen LogP contribution in [0.3, 0.4) is 0 Å². The van der Waals surface area contributed by atoms with E-state index >= 15 is 0 Å². The molecule has 0 spiro atoms. The minimum absolute atomic E-state index is 0.101. The Labute approximate surface area is 249 Å². The summed E-state index contributed by atoms with van der Waals surface area (Å²) in [7, 11) is 0. The molecule has 0 aromatic carbocycles. The van der Waals surface area contributed by atoms with E-state index in [0.29, 0.717) is 5.41 Å². The average Bonchev–Trinajstić information content (AvgIpc) is 3.30. The summed E-state index contributed by atoms with van der Waals surface area (Å²) in [5.41, 5.74) is 2.19. The Bertz CT molecular complexity index is 918. The maximum absolute atomic E-state index is 10.5.